The number of ether oxygens (including phenoxy) is 10. The zero-order valence-electron chi connectivity index (χ0n) is 42.7. The Kier molecular flexibility index (Phi) is 18.8. The average molecular weight is 1050 g/mol. The molecule has 7 aromatic rings. The van der Waals surface area contributed by atoms with Gasteiger partial charge in [0.2, 0.25) is 0 Å². The Balaban J connectivity index is 0.929. The van der Waals surface area contributed by atoms with Crippen molar-refractivity contribution < 1.29 is 57.3 Å². The van der Waals surface area contributed by atoms with Crippen molar-refractivity contribution in [2.75, 3.05) is 26.4 Å². The fourth-order valence-corrected chi connectivity index (χ4v) is 9.96. The highest BCUT2D eigenvalue weighted by Gasteiger charge is 2.54. The number of nitrogens with zero attached hydrogens (tertiary/aromatic N) is 3. The van der Waals surface area contributed by atoms with Crippen LogP contribution in [0.4, 0.5) is 4.79 Å². The lowest BCUT2D eigenvalue weighted by atomic mass is 9.95. The third kappa shape index (κ3) is 14.2. The lowest BCUT2D eigenvalue weighted by Crippen LogP contribution is -2.66. The summed E-state index contributed by atoms with van der Waals surface area (Å²) in [5.41, 5.74) is 14.5. The van der Waals surface area contributed by atoms with Crippen LogP contribution in [0, 0.1) is 0 Å². The second-order valence-electron chi connectivity index (χ2n) is 19.4. The predicted molar refractivity (Wildman–Crippen MR) is 287 cm³/mol. The molecule has 0 aromatic heterocycles. The van der Waals surface area contributed by atoms with E-state index in [0.717, 1.165) is 49.4 Å². The van der Waals surface area contributed by atoms with Gasteiger partial charge in [-0.15, -0.1) is 0 Å². The highest BCUT2D eigenvalue weighted by atomic mass is 16.8. The van der Waals surface area contributed by atoms with E-state index in [0.29, 0.717) is 25.8 Å². The summed E-state index contributed by atoms with van der Waals surface area (Å²) in [5, 5.41) is 23.2. The first kappa shape index (κ1) is 53.6. The van der Waals surface area contributed by atoms with E-state index in [2.05, 4.69) is 63.9 Å². The van der Waals surface area contributed by atoms with Crippen molar-refractivity contribution in [3.05, 3.63) is 214 Å². The van der Waals surface area contributed by atoms with Gasteiger partial charge in [0.25, 0.3) is 0 Å². The number of carbonyl (C=O) groups excluding carboxylic acids is 1. The maximum absolute atomic E-state index is 12.5. The molecule has 3 aliphatic rings. The number of benzene rings is 7. The van der Waals surface area contributed by atoms with Crippen molar-refractivity contribution >= 4 is 27.6 Å². The first-order chi connectivity index (χ1) is 38.0. The standard InChI is InChI=1S/C61H64N4O12/c62-65-64-52-53(66)54-51(40-73-58(76-54)47-23-9-3-10-24-47)74-59(52)77-55-50(39-68-36-42-19-7-2-8-20-42)75-60(69-31-15-4-16-32-70-61(67)63-35-41-17-5-1-6-18-41)57(72-38-44-28-30-46-22-12-14-26-49(46)34-44)56(55)71-37-43-27-29-45-21-11-13-25-48(45)33-43/h1-3,5-14,17-30,33-34,50-60,66H,4,15-16,31-32,35-40H2,(H,63,67)/t50-,51-,52-,53-,54+,55+,56+,57-,58+,59-,60+/m1/s1. The highest BCUT2D eigenvalue weighted by molar-refractivity contribution is 5.83. The molecule has 0 saturated carbocycles. The van der Waals surface area contributed by atoms with Gasteiger partial charge in [-0.2, -0.15) is 0 Å². The van der Waals surface area contributed by atoms with Crippen molar-refractivity contribution in [2.24, 2.45) is 5.11 Å². The molecule has 0 unspecified atom stereocenters. The van der Waals surface area contributed by atoms with Gasteiger partial charge in [0, 0.05) is 23.6 Å². The maximum Gasteiger partial charge on any atom is 0.407 e. The first-order valence-corrected chi connectivity index (χ1v) is 26.3. The topological polar surface area (TPSA) is 190 Å². The summed E-state index contributed by atoms with van der Waals surface area (Å²) < 4.78 is 65.9. The number of hydrogen-bond donors (Lipinski definition) is 2. The lowest BCUT2D eigenvalue weighted by molar-refractivity contribution is -0.376. The Morgan fingerprint density at radius 1 is 0.610 bits per heavy atom. The smallest absolute Gasteiger partial charge is 0.407 e. The minimum absolute atomic E-state index is 0.00875. The van der Waals surface area contributed by atoms with E-state index >= 15 is 0 Å². The molecule has 1 amide bonds. The van der Waals surface area contributed by atoms with E-state index in [1.54, 1.807) is 0 Å². The van der Waals surface area contributed by atoms with Crippen LogP contribution in [0.3, 0.4) is 0 Å². The van der Waals surface area contributed by atoms with E-state index in [4.69, 9.17) is 47.4 Å². The second-order valence-corrected chi connectivity index (χ2v) is 19.4. The first-order valence-electron chi connectivity index (χ1n) is 26.3. The van der Waals surface area contributed by atoms with Crippen molar-refractivity contribution in [3.8, 4) is 0 Å². The summed E-state index contributed by atoms with van der Waals surface area (Å²) in [7, 11) is 0. The van der Waals surface area contributed by atoms with Crippen LogP contribution in [0.2, 0.25) is 0 Å². The van der Waals surface area contributed by atoms with Gasteiger partial charge in [-0.25, -0.2) is 4.79 Å². The van der Waals surface area contributed by atoms with Crippen molar-refractivity contribution in [2.45, 2.75) is 113 Å². The summed E-state index contributed by atoms with van der Waals surface area (Å²) in [5.74, 6) is 0. The van der Waals surface area contributed by atoms with Crippen LogP contribution >= 0.6 is 0 Å². The number of amides is 1. The molecule has 7 aromatic carbocycles. The number of rotatable bonds is 23. The molecule has 10 rings (SSSR count). The largest absolute Gasteiger partial charge is 0.450 e. The number of alkyl carbamates (subject to hydrolysis) is 1. The third-order valence-corrected chi connectivity index (χ3v) is 14.0. The SMILES string of the molecule is [N-]=[N+]=N[C@H]1[C@@H](O[C@@H]2[C@H](OCc3ccc4ccccc4c3)[C@@H](OCc3ccc4ccccc4c3)[C@@H](OCCCCCOC(=O)NCc3ccccc3)O[C@@H]2COCc2ccccc2)O[C@@H]2CO[C@H](c3ccccc3)O[C@@H]2[C@@H]1O. The molecule has 16 nitrogen and oxygen atoms in total. The highest BCUT2D eigenvalue weighted by Crippen LogP contribution is 2.39. The monoisotopic (exact) mass is 1040 g/mol. The number of azide groups is 1. The summed E-state index contributed by atoms with van der Waals surface area (Å²) in [6.07, 6.45) is -8.56. The summed E-state index contributed by atoms with van der Waals surface area (Å²) >= 11 is 0. The van der Waals surface area contributed by atoms with Gasteiger partial charge in [-0.1, -0.05) is 169 Å². The molecule has 2 N–H and O–H groups in total. The Hall–Kier alpha value is -6.76. The zero-order chi connectivity index (χ0) is 52.6. The molecule has 3 saturated heterocycles. The Morgan fingerprint density at radius 2 is 1.22 bits per heavy atom. The van der Waals surface area contributed by atoms with Crippen LogP contribution in [-0.2, 0) is 73.7 Å². The molecule has 0 aliphatic carbocycles. The third-order valence-electron chi connectivity index (χ3n) is 14.0. The number of fused-ring (bicyclic) bond motifs is 3. The molecule has 3 heterocycles. The van der Waals surface area contributed by atoms with Crippen LogP contribution in [0.15, 0.2) is 181 Å². The number of nitrogens with one attached hydrogen (secondary N) is 1. The van der Waals surface area contributed by atoms with E-state index < -0.39 is 73.7 Å². The molecule has 11 atom stereocenters. The van der Waals surface area contributed by atoms with E-state index in [9.17, 15) is 15.4 Å². The molecular formula is C61H64N4O12. The van der Waals surface area contributed by atoms with Crippen LogP contribution in [0.5, 0.6) is 0 Å². The molecule has 3 aliphatic heterocycles. The van der Waals surface area contributed by atoms with Crippen molar-refractivity contribution in [1.29, 1.82) is 0 Å². The molecule has 0 radical (unpaired) electrons. The van der Waals surface area contributed by atoms with Gasteiger partial charge >= 0.3 is 6.09 Å². The fraction of sp³-hybridized carbons (Fsp3) is 0.361. The summed E-state index contributed by atoms with van der Waals surface area (Å²) in [6, 6.07) is 56.2. The van der Waals surface area contributed by atoms with Gasteiger partial charge in [0.1, 0.15) is 42.7 Å². The number of aliphatic hydroxyl groups excluding tert-OH is 1. The van der Waals surface area contributed by atoms with E-state index in [-0.39, 0.29) is 46.2 Å². The minimum Gasteiger partial charge on any atom is -0.450 e. The number of aliphatic hydroxyl groups is 1. The van der Waals surface area contributed by atoms with E-state index in [1.807, 2.05) is 127 Å². The van der Waals surface area contributed by atoms with Gasteiger partial charge in [-0.05, 0) is 80.7 Å². The van der Waals surface area contributed by atoms with Crippen molar-refractivity contribution in [3.63, 3.8) is 0 Å². The van der Waals surface area contributed by atoms with Gasteiger partial charge < -0.3 is 57.8 Å². The van der Waals surface area contributed by atoms with Crippen molar-refractivity contribution in [1.82, 2.24) is 5.32 Å². The number of unbranched alkanes of at least 4 members (excludes halogenated alkanes) is 2. The number of carbonyl (C=O) groups is 1. The molecule has 16 heteroatoms. The fourth-order valence-electron chi connectivity index (χ4n) is 9.96. The van der Waals surface area contributed by atoms with Crippen LogP contribution in [0.1, 0.15) is 53.4 Å². The van der Waals surface area contributed by atoms with E-state index in [1.165, 1.54) is 0 Å². The number of hydrogen-bond acceptors (Lipinski definition) is 13. The van der Waals surface area contributed by atoms with Crippen LogP contribution in [0.25, 0.3) is 32.0 Å². The zero-order valence-corrected chi connectivity index (χ0v) is 42.7. The van der Waals surface area contributed by atoms with Crippen LogP contribution < -0.4 is 5.32 Å². The molecule has 0 spiro atoms. The summed E-state index contributed by atoms with van der Waals surface area (Å²) in [4.78, 5) is 15.6. The second kappa shape index (κ2) is 27.0. The molecule has 0 bridgehead atoms. The quantitative estimate of drug-likeness (QED) is 0.0267. The maximum atomic E-state index is 12.5. The Morgan fingerprint density at radius 3 is 1.90 bits per heavy atom. The summed E-state index contributed by atoms with van der Waals surface area (Å²) in [6.45, 7) is 1.50. The molecule has 77 heavy (non-hydrogen) atoms. The average Bonchev–Trinajstić information content (AvgIpc) is 3.51. The van der Waals surface area contributed by atoms with Crippen LogP contribution in [-0.4, -0.2) is 99.0 Å². The molecule has 3 fully saturated rings. The normalized spacial score (nSPS) is 25.1. The predicted octanol–water partition coefficient (Wildman–Crippen LogP) is 10.8. The van der Waals surface area contributed by atoms with Gasteiger partial charge in [0.15, 0.2) is 18.9 Å². The minimum atomic E-state index is -1.36. The Bertz CT molecular complexity index is 3010. The van der Waals surface area contributed by atoms with Gasteiger partial charge in [0.05, 0.1) is 45.7 Å². The molecular weight excluding hydrogens is 981 g/mol. The molecule has 400 valence electrons. The Labute approximate surface area is 447 Å². The lowest BCUT2D eigenvalue weighted by Gasteiger charge is -2.50. The van der Waals surface area contributed by atoms with Gasteiger partial charge in [-0.3, -0.25) is 0 Å².